The number of nitrogens with zero attached hydrogens (tertiary/aromatic N) is 7. The fourth-order valence-corrected chi connectivity index (χ4v) is 3.12. The summed E-state index contributed by atoms with van der Waals surface area (Å²) in [4.78, 5) is 21.5. The van der Waals surface area contributed by atoms with Crippen molar-refractivity contribution < 1.29 is 13.7 Å². The van der Waals surface area contributed by atoms with Crippen molar-refractivity contribution in [2.45, 2.75) is 6.54 Å². The predicted octanol–water partition coefficient (Wildman–Crippen LogP) is 2.22. The lowest BCUT2D eigenvalue weighted by Gasteiger charge is -2.03. The highest BCUT2D eigenvalue weighted by atomic mass is 19.1. The largest absolute Gasteiger partial charge is 0.496 e. The Morgan fingerprint density at radius 3 is 2.74 bits per heavy atom. The molecule has 0 fully saturated rings. The average Bonchev–Trinajstić information content (AvgIpc) is 3.44. The fraction of sp³-hybridized carbons (Fsp3) is 0.100. The van der Waals surface area contributed by atoms with Crippen molar-refractivity contribution in [3.63, 3.8) is 0 Å². The first-order valence-electron chi connectivity index (χ1n) is 9.17. The van der Waals surface area contributed by atoms with Crippen molar-refractivity contribution in [2.24, 2.45) is 0 Å². The Morgan fingerprint density at radius 1 is 1.13 bits per heavy atom. The summed E-state index contributed by atoms with van der Waals surface area (Å²) < 4.78 is 26.5. The third-order valence-electron chi connectivity index (χ3n) is 4.62. The molecule has 0 aliphatic heterocycles. The van der Waals surface area contributed by atoms with E-state index < -0.39 is 5.56 Å². The van der Waals surface area contributed by atoms with Gasteiger partial charge in [0, 0.05) is 0 Å². The third-order valence-corrected chi connectivity index (χ3v) is 4.62. The van der Waals surface area contributed by atoms with Crippen LogP contribution in [0.4, 0.5) is 4.39 Å². The molecule has 0 spiro atoms. The first-order valence-corrected chi connectivity index (χ1v) is 9.17. The van der Waals surface area contributed by atoms with Crippen molar-refractivity contribution >= 4 is 11.2 Å². The second kappa shape index (κ2) is 7.44. The minimum atomic E-state index is -0.421. The van der Waals surface area contributed by atoms with Crippen molar-refractivity contribution in [3.05, 3.63) is 76.9 Å². The normalized spacial score (nSPS) is 11.2. The van der Waals surface area contributed by atoms with Crippen molar-refractivity contribution in [1.29, 1.82) is 0 Å². The summed E-state index contributed by atoms with van der Waals surface area (Å²) >= 11 is 0. The van der Waals surface area contributed by atoms with Gasteiger partial charge in [-0.2, -0.15) is 9.67 Å². The van der Waals surface area contributed by atoms with Crippen molar-refractivity contribution in [2.75, 3.05) is 7.11 Å². The van der Waals surface area contributed by atoms with Gasteiger partial charge < -0.3 is 9.26 Å². The molecular formula is C20H14FN7O3. The molecule has 0 saturated heterocycles. The summed E-state index contributed by atoms with van der Waals surface area (Å²) in [6.07, 6.45) is 1.35. The van der Waals surface area contributed by atoms with E-state index in [4.69, 9.17) is 9.26 Å². The number of hydrogen-bond donors (Lipinski definition) is 0. The smallest absolute Gasteiger partial charge is 0.284 e. The van der Waals surface area contributed by atoms with Crippen LogP contribution < -0.4 is 10.3 Å². The molecule has 10 nitrogen and oxygen atoms in total. The van der Waals surface area contributed by atoms with Gasteiger partial charge in [-0.15, -0.1) is 5.10 Å². The van der Waals surface area contributed by atoms with Crippen LogP contribution in [-0.4, -0.2) is 41.8 Å². The molecular weight excluding hydrogens is 405 g/mol. The highest BCUT2D eigenvalue weighted by Crippen LogP contribution is 2.27. The summed E-state index contributed by atoms with van der Waals surface area (Å²) in [6, 6.07) is 12.9. The molecule has 154 valence electrons. The number of hydrogen-bond acceptors (Lipinski definition) is 8. The van der Waals surface area contributed by atoms with Gasteiger partial charge in [0.25, 0.3) is 5.56 Å². The summed E-state index contributed by atoms with van der Waals surface area (Å²) in [5, 5.41) is 11.9. The predicted molar refractivity (Wildman–Crippen MR) is 106 cm³/mol. The summed E-state index contributed by atoms with van der Waals surface area (Å²) in [5.74, 6) is 0.787. The second-order valence-electron chi connectivity index (χ2n) is 6.54. The van der Waals surface area contributed by atoms with Gasteiger partial charge in [-0.05, 0) is 36.4 Å². The van der Waals surface area contributed by atoms with Crippen LogP contribution in [0.3, 0.4) is 0 Å². The maximum absolute atomic E-state index is 13.2. The maximum atomic E-state index is 13.2. The highest BCUT2D eigenvalue weighted by molar-refractivity contribution is 5.70. The van der Waals surface area contributed by atoms with Gasteiger partial charge in [0.15, 0.2) is 11.2 Å². The van der Waals surface area contributed by atoms with E-state index in [1.54, 1.807) is 19.2 Å². The molecule has 0 amide bonds. The van der Waals surface area contributed by atoms with Gasteiger partial charge in [-0.1, -0.05) is 22.5 Å². The van der Waals surface area contributed by atoms with Gasteiger partial charge in [-0.25, -0.2) is 9.37 Å². The number of fused-ring (bicyclic) bond motifs is 1. The SMILES string of the molecule is COc1ccccc1-c1noc(Cn2cnc3c(nnn3-c3ccc(F)cc3)c2=O)n1. The van der Waals surface area contributed by atoms with Crippen LogP contribution in [0.5, 0.6) is 5.75 Å². The molecule has 0 saturated carbocycles. The highest BCUT2D eigenvalue weighted by Gasteiger charge is 2.17. The maximum Gasteiger partial charge on any atom is 0.284 e. The Kier molecular flexibility index (Phi) is 4.47. The molecule has 5 rings (SSSR count). The van der Waals surface area contributed by atoms with E-state index in [0.29, 0.717) is 22.8 Å². The minimum absolute atomic E-state index is 0.00727. The molecule has 0 aliphatic rings. The number of aromatic nitrogens is 7. The Balaban J connectivity index is 1.47. The van der Waals surface area contributed by atoms with E-state index in [1.165, 1.54) is 39.8 Å². The van der Waals surface area contributed by atoms with E-state index in [9.17, 15) is 9.18 Å². The lowest BCUT2D eigenvalue weighted by molar-refractivity contribution is 0.369. The van der Waals surface area contributed by atoms with Gasteiger partial charge in [0.05, 0.1) is 18.4 Å². The van der Waals surface area contributed by atoms with E-state index in [-0.39, 0.29) is 29.4 Å². The fourth-order valence-electron chi connectivity index (χ4n) is 3.12. The van der Waals surface area contributed by atoms with Crippen LogP contribution in [0.15, 0.2) is 64.2 Å². The van der Waals surface area contributed by atoms with E-state index >= 15 is 0 Å². The summed E-state index contributed by atoms with van der Waals surface area (Å²) in [6.45, 7) is 0.00727. The Labute approximate surface area is 173 Å². The average molecular weight is 419 g/mol. The van der Waals surface area contributed by atoms with Gasteiger partial charge in [-0.3, -0.25) is 9.36 Å². The van der Waals surface area contributed by atoms with E-state index in [0.717, 1.165) is 0 Å². The molecule has 0 aliphatic carbocycles. The Morgan fingerprint density at radius 2 is 1.94 bits per heavy atom. The topological polar surface area (TPSA) is 114 Å². The standard InChI is InChI=1S/C20H14FN7O3/c1-30-15-5-3-2-4-14(15)18-23-16(31-25-18)10-27-11-22-19-17(20(27)29)24-26-28(19)13-8-6-12(21)7-9-13/h2-9,11H,10H2,1H3. The molecule has 5 aromatic rings. The van der Waals surface area contributed by atoms with Crippen LogP contribution in [0.2, 0.25) is 0 Å². The number of ether oxygens (including phenoxy) is 1. The molecule has 0 unspecified atom stereocenters. The Hall–Kier alpha value is -4.41. The number of para-hydroxylation sites is 1. The van der Waals surface area contributed by atoms with Crippen LogP contribution in [0.25, 0.3) is 28.2 Å². The lowest BCUT2D eigenvalue weighted by Crippen LogP contribution is -2.21. The van der Waals surface area contributed by atoms with Crippen LogP contribution in [0.1, 0.15) is 5.89 Å². The molecule has 3 aromatic heterocycles. The molecule has 0 N–H and O–H groups in total. The Bertz CT molecular complexity index is 1440. The first kappa shape index (κ1) is 18.6. The summed E-state index contributed by atoms with van der Waals surface area (Å²) in [7, 11) is 1.55. The van der Waals surface area contributed by atoms with Crippen molar-refractivity contribution in [3.8, 4) is 22.8 Å². The van der Waals surface area contributed by atoms with Gasteiger partial charge >= 0.3 is 0 Å². The monoisotopic (exact) mass is 419 g/mol. The molecule has 0 bridgehead atoms. The second-order valence-corrected chi connectivity index (χ2v) is 6.54. The zero-order valence-corrected chi connectivity index (χ0v) is 16.1. The number of halogens is 1. The van der Waals surface area contributed by atoms with Crippen LogP contribution in [0, 0.1) is 5.82 Å². The number of rotatable bonds is 5. The van der Waals surface area contributed by atoms with Crippen LogP contribution in [-0.2, 0) is 6.54 Å². The lowest BCUT2D eigenvalue weighted by atomic mass is 10.2. The molecule has 31 heavy (non-hydrogen) atoms. The van der Waals surface area contributed by atoms with Crippen molar-refractivity contribution in [1.82, 2.24) is 34.7 Å². The quantitative estimate of drug-likeness (QED) is 0.426. The molecule has 0 atom stereocenters. The molecule has 2 aromatic carbocycles. The number of methoxy groups -OCH3 is 1. The zero-order valence-electron chi connectivity index (χ0n) is 16.1. The first-order chi connectivity index (χ1) is 15.1. The molecule has 0 radical (unpaired) electrons. The zero-order chi connectivity index (χ0) is 21.4. The number of benzene rings is 2. The molecule has 11 heteroatoms. The van der Waals surface area contributed by atoms with Gasteiger partial charge in [0.2, 0.25) is 11.7 Å². The van der Waals surface area contributed by atoms with Gasteiger partial charge in [0.1, 0.15) is 24.4 Å². The minimum Gasteiger partial charge on any atom is -0.496 e. The summed E-state index contributed by atoms with van der Waals surface area (Å²) in [5.41, 5.74) is 1.11. The van der Waals surface area contributed by atoms with E-state index in [2.05, 4.69) is 25.4 Å². The third kappa shape index (κ3) is 3.31. The molecule has 3 heterocycles. The van der Waals surface area contributed by atoms with E-state index in [1.807, 2.05) is 12.1 Å². The van der Waals surface area contributed by atoms with Crippen LogP contribution >= 0.6 is 0 Å².